The first-order chi connectivity index (χ1) is 14.1. The third-order valence-corrected chi connectivity index (χ3v) is 10.5. The molecule has 4 saturated carbocycles. The molecule has 4 aliphatic carbocycles. The topological polar surface area (TPSA) is 91.7 Å². The van der Waals surface area contributed by atoms with Gasteiger partial charge in [-0.15, -0.1) is 0 Å². The quantitative estimate of drug-likeness (QED) is 0.521. The van der Waals surface area contributed by atoms with E-state index >= 15 is 0 Å². The molecule has 1 amide bonds. The van der Waals surface area contributed by atoms with E-state index in [-0.39, 0.29) is 41.0 Å². The fourth-order valence-corrected chi connectivity index (χ4v) is 8.78. The van der Waals surface area contributed by atoms with Crippen molar-refractivity contribution < 1.29 is 25.1 Å². The Morgan fingerprint density at radius 1 is 1.10 bits per heavy atom. The highest BCUT2D eigenvalue weighted by Gasteiger charge is 2.65. The average Bonchev–Trinajstić information content (AvgIpc) is 3.06. The van der Waals surface area contributed by atoms with E-state index in [2.05, 4.69) is 32.5 Å². The van der Waals surface area contributed by atoms with Crippen molar-refractivity contribution >= 4 is 12.6 Å². The number of aliphatic hydroxyl groups excluding tert-OH is 3. The molecule has 0 radical (unpaired) electrons. The van der Waals surface area contributed by atoms with Crippen LogP contribution in [0.15, 0.2) is 0 Å². The first-order valence-electron chi connectivity index (χ1n) is 12.2. The molecule has 0 aromatic rings. The lowest BCUT2D eigenvalue weighted by Gasteiger charge is -2.63. The molecule has 0 saturated heterocycles. The van der Waals surface area contributed by atoms with E-state index in [9.17, 15) is 20.1 Å². The van der Waals surface area contributed by atoms with E-state index < -0.39 is 0 Å². The Balaban J connectivity index is 1.58. The third-order valence-electron chi connectivity index (χ3n) is 10.5. The first kappa shape index (κ1) is 22.4. The molecule has 5 nitrogen and oxygen atoms in total. The summed E-state index contributed by atoms with van der Waals surface area (Å²) in [5.41, 5.74) is -0.0821. The van der Waals surface area contributed by atoms with Gasteiger partial charge in [-0.1, -0.05) is 20.8 Å². The Kier molecular flexibility index (Phi) is 5.95. The molecule has 4 fully saturated rings. The van der Waals surface area contributed by atoms with Crippen molar-refractivity contribution in [3.05, 3.63) is 0 Å². The molecule has 5 heteroatoms. The summed E-state index contributed by atoms with van der Waals surface area (Å²) < 4.78 is 0. The number of nitrogens with one attached hydrogen (secondary N) is 1. The zero-order valence-corrected chi connectivity index (χ0v) is 19.0. The molecule has 4 rings (SSSR count). The number of amides is 1. The van der Waals surface area contributed by atoms with Gasteiger partial charge in [0.1, 0.15) is 6.72 Å². The van der Waals surface area contributed by atoms with Crippen molar-refractivity contribution in [2.75, 3.05) is 0 Å². The summed E-state index contributed by atoms with van der Waals surface area (Å²) >= 11 is 0. The van der Waals surface area contributed by atoms with Crippen LogP contribution in [0, 0.1) is 46.3 Å². The minimum absolute atomic E-state index is 0.0213. The summed E-state index contributed by atoms with van der Waals surface area (Å²) in [5.74, 6) is 1.98. The van der Waals surface area contributed by atoms with Crippen LogP contribution < -0.4 is 4.99 Å². The number of hydrogen-bond acceptors (Lipinski definition) is 4. The van der Waals surface area contributed by atoms with Gasteiger partial charge in [-0.05, 0) is 97.7 Å². The number of aliphatic hydroxyl groups is 3. The van der Waals surface area contributed by atoms with Crippen LogP contribution in [0.5, 0.6) is 0 Å². The SMILES string of the molecule is C=[NH+]C(=O)CC[C@@H](C)[C@H]1CC[C@H]2[C@@H]3[C@H](O)C[C@@H]4C[C@H](O)CC[C@]4(C)[C@H]3C[C@H](O)[C@]12C. The second kappa shape index (κ2) is 7.97. The molecular weight excluding hydrogens is 378 g/mol. The monoisotopic (exact) mass is 420 g/mol. The maximum absolute atomic E-state index is 11.7. The van der Waals surface area contributed by atoms with Gasteiger partial charge in [0.15, 0.2) is 0 Å². The Morgan fingerprint density at radius 2 is 1.83 bits per heavy atom. The van der Waals surface area contributed by atoms with E-state index in [1.165, 1.54) is 0 Å². The Hall–Kier alpha value is -0.780. The molecule has 4 N–H and O–H groups in total. The van der Waals surface area contributed by atoms with Crippen LogP contribution in [0.2, 0.25) is 0 Å². The average molecular weight is 421 g/mol. The molecule has 11 atom stereocenters. The van der Waals surface area contributed by atoms with E-state index in [0.717, 1.165) is 51.4 Å². The fourth-order valence-electron chi connectivity index (χ4n) is 8.78. The van der Waals surface area contributed by atoms with Gasteiger partial charge in [0.05, 0.1) is 24.7 Å². The highest BCUT2D eigenvalue weighted by Crippen LogP contribution is 2.68. The van der Waals surface area contributed by atoms with Gasteiger partial charge < -0.3 is 15.3 Å². The van der Waals surface area contributed by atoms with Gasteiger partial charge in [-0.2, -0.15) is 4.99 Å². The number of rotatable bonds is 4. The van der Waals surface area contributed by atoms with Gasteiger partial charge in [-0.3, -0.25) is 0 Å². The Labute approximate surface area is 181 Å². The normalized spacial score (nSPS) is 51.4. The van der Waals surface area contributed by atoms with Crippen molar-refractivity contribution in [2.45, 2.75) is 96.9 Å². The summed E-state index contributed by atoms with van der Waals surface area (Å²) in [7, 11) is 0. The largest absolute Gasteiger partial charge is 0.393 e. The van der Waals surface area contributed by atoms with Gasteiger partial charge >= 0.3 is 5.91 Å². The standard InChI is InChI=1S/C25H41NO4/c1-14(5-8-22(30)26-4)17-6-7-18-23-19(13-21(29)25(17,18)3)24(2)10-9-16(27)11-15(24)12-20(23)28/h14-21,23,27-29H,4-13H2,1-3H3/p+1/t14-,15+,16-,17-,18+,19+,20-,21+,23+,24+,25-/m1/s1. The molecule has 0 unspecified atom stereocenters. The molecule has 30 heavy (non-hydrogen) atoms. The molecule has 0 aliphatic heterocycles. The second-order valence-electron chi connectivity index (χ2n) is 11.6. The summed E-state index contributed by atoms with van der Waals surface area (Å²) in [6, 6.07) is 0. The van der Waals surface area contributed by atoms with Crippen LogP contribution >= 0.6 is 0 Å². The van der Waals surface area contributed by atoms with E-state index in [4.69, 9.17) is 0 Å². The van der Waals surface area contributed by atoms with Crippen LogP contribution in [0.4, 0.5) is 0 Å². The maximum atomic E-state index is 11.7. The molecule has 4 aliphatic rings. The van der Waals surface area contributed by atoms with Crippen molar-refractivity contribution in [2.24, 2.45) is 46.3 Å². The number of carbonyl (C=O) groups is 1. The minimum atomic E-state index is -0.366. The summed E-state index contributed by atoms with van der Waals surface area (Å²) in [5, 5.41) is 33.1. The Morgan fingerprint density at radius 3 is 2.53 bits per heavy atom. The molecular formula is C25H42NO4+. The van der Waals surface area contributed by atoms with Gasteiger partial charge in [-0.25, -0.2) is 4.79 Å². The lowest BCUT2D eigenvalue weighted by atomic mass is 9.43. The van der Waals surface area contributed by atoms with Crippen molar-refractivity contribution in [1.29, 1.82) is 0 Å². The summed E-state index contributed by atoms with van der Waals surface area (Å²) in [6.07, 6.45) is 6.69. The van der Waals surface area contributed by atoms with E-state index in [1.54, 1.807) is 0 Å². The maximum Gasteiger partial charge on any atom is 0.384 e. The predicted octanol–water partition coefficient (Wildman–Crippen LogP) is 1.67. The molecule has 0 aromatic carbocycles. The molecule has 0 spiro atoms. The zero-order valence-electron chi connectivity index (χ0n) is 19.0. The molecule has 170 valence electrons. The smallest absolute Gasteiger partial charge is 0.384 e. The number of fused-ring (bicyclic) bond motifs is 5. The summed E-state index contributed by atoms with van der Waals surface area (Å²) in [6.45, 7) is 10.3. The van der Waals surface area contributed by atoms with Crippen LogP contribution in [0.3, 0.4) is 0 Å². The van der Waals surface area contributed by atoms with E-state index in [0.29, 0.717) is 36.0 Å². The van der Waals surface area contributed by atoms with Crippen molar-refractivity contribution in [3.8, 4) is 0 Å². The lowest BCUT2D eigenvalue weighted by molar-refractivity contribution is -0.369. The van der Waals surface area contributed by atoms with Crippen molar-refractivity contribution in [3.63, 3.8) is 0 Å². The van der Waals surface area contributed by atoms with Crippen LogP contribution in [0.1, 0.15) is 78.6 Å². The number of hydrogen-bond donors (Lipinski definition) is 4. The highest BCUT2D eigenvalue weighted by atomic mass is 16.3. The van der Waals surface area contributed by atoms with Crippen LogP contribution in [0.25, 0.3) is 0 Å². The number of carbonyl (C=O) groups excluding carboxylic acids is 1. The molecule has 0 aromatic heterocycles. The molecule has 0 heterocycles. The summed E-state index contributed by atoms with van der Waals surface area (Å²) in [4.78, 5) is 14.2. The first-order valence-corrected chi connectivity index (χ1v) is 12.2. The Bertz CT molecular complexity index is 682. The predicted molar refractivity (Wildman–Crippen MR) is 115 cm³/mol. The van der Waals surface area contributed by atoms with Gasteiger partial charge in [0.25, 0.3) is 0 Å². The second-order valence-corrected chi connectivity index (χ2v) is 11.6. The highest BCUT2D eigenvalue weighted by molar-refractivity contribution is 5.66. The van der Waals surface area contributed by atoms with Crippen molar-refractivity contribution in [1.82, 2.24) is 0 Å². The zero-order chi connectivity index (χ0) is 21.8. The van der Waals surface area contributed by atoms with Gasteiger partial charge in [0.2, 0.25) is 0 Å². The minimum Gasteiger partial charge on any atom is -0.393 e. The van der Waals surface area contributed by atoms with E-state index in [1.807, 2.05) is 0 Å². The van der Waals surface area contributed by atoms with Gasteiger partial charge in [0, 0.05) is 0 Å². The molecule has 0 bridgehead atoms. The van der Waals surface area contributed by atoms with Crippen LogP contribution in [-0.2, 0) is 4.79 Å². The third kappa shape index (κ3) is 3.31. The fraction of sp³-hybridized carbons (Fsp3) is 0.920. The van der Waals surface area contributed by atoms with Crippen LogP contribution in [-0.4, -0.2) is 46.3 Å². The lowest BCUT2D eigenvalue weighted by Crippen LogP contribution is -2.71.